The number of esters is 1. The predicted molar refractivity (Wildman–Crippen MR) is 68.6 cm³/mol. The summed E-state index contributed by atoms with van der Waals surface area (Å²) < 4.78 is 4.98. The van der Waals surface area contributed by atoms with Gasteiger partial charge in [0.05, 0.1) is 13.0 Å². The fraction of sp³-hybridized carbons (Fsp3) is 0.800. The molecule has 0 saturated heterocycles. The lowest BCUT2D eigenvalue weighted by Crippen LogP contribution is -2.33. The number of hydrogen-bond donors (Lipinski definition) is 0. The van der Waals surface area contributed by atoms with E-state index >= 15 is 0 Å². The van der Waals surface area contributed by atoms with Gasteiger partial charge in [0, 0.05) is 0 Å². The second-order valence-corrected chi connectivity index (χ2v) is 5.68. The van der Waals surface area contributed by atoms with Gasteiger partial charge in [-0.05, 0) is 31.6 Å². The standard InChI is InChI=1S/C15H24O2/c1-11-8-9-13(15(16)17-2)14(10-11)12-6-4-3-5-7-12/h8,12-14H,3-7,9-10H2,1-2H3. The molecule has 0 aromatic heterocycles. The number of carbonyl (C=O) groups is 1. The molecule has 0 aliphatic heterocycles. The lowest BCUT2D eigenvalue weighted by atomic mass is 9.68. The highest BCUT2D eigenvalue weighted by Gasteiger charge is 2.36. The highest BCUT2D eigenvalue weighted by atomic mass is 16.5. The van der Waals surface area contributed by atoms with Crippen molar-refractivity contribution in [2.75, 3.05) is 7.11 Å². The zero-order chi connectivity index (χ0) is 12.3. The Bertz CT molecular complexity index is 300. The summed E-state index contributed by atoms with van der Waals surface area (Å²) >= 11 is 0. The third-order valence-electron chi connectivity index (χ3n) is 4.55. The van der Waals surface area contributed by atoms with Crippen LogP contribution in [0.1, 0.15) is 51.9 Å². The van der Waals surface area contributed by atoms with E-state index in [4.69, 9.17) is 4.74 Å². The third-order valence-corrected chi connectivity index (χ3v) is 4.55. The molecule has 2 aliphatic carbocycles. The smallest absolute Gasteiger partial charge is 0.309 e. The van der Waals surface area contributed by atoms with E-state index in [0.717, 1.165) is 18.8 Å². The topological polar surface area (TPSA) is 26.3 Å². The van der Waals surface area contributed by atoms with E-state index in [2.05, 4.69) is 13.0 Å². The van der Waals surface area contributed by atoms with Crippen LogP contribution in [0.4, 0.5) is 0 Å². The van der Waals surface area contributed by atoms with Crippen LogP contribution >= 0.6 is 0 Å². The molecule has 0 bridgehead atoms. The van der Waals surface area contributed by atoms with Crippen LogP contribution in [0.25, 0.3) is 0 Å². The monoisotopic (exact) mass is 236 g/mol. The molecule has 17 heavy (non-hydrogen) atoms. The van der Waals surface area contributed by atoms with Crippen LogP contribution < -0.4 is 0 Å². The van der Waals surface area contributed by atoms with Crippen molar-refractivity contribution in [2.45, 2.75) is 51.9 Å². The lowest BCUT2D eigenvalue weighted by Gasteiger charge is -2.37. The minimum atomic E-state index is 0.00400. The van der Waals surface area contributed by atoms with E-state index in [-0.39, 0.29) is 11.9 Å². The largest absolute Gasteiger partial charge is 0.469 e. The van der Waals surface area contributed by atoms with Gasteiger partial charge in [-0.3, -0.25) is 4.79 Å². The Morgan fingerprint density at radius 3 is 2.65 bits per heavy atom. The normalized spacial score (nSPS) is 30.8. The van der Waals surface area contributed by atoms with Crippen molar-refractivity contribution in [3.05, 3.63) is 11.6 Å². The molecule has 2 atom stereocenters. The molecule has 2 nitrogen and oxygen atoms in total. The van der Waals surface area contributed by atoms with E-state index in [9.17, 15) is 4.79 Å². The Balaban J connectivity index is 2.09. The van der Waals surface area contributed by atoms with Gasteiger partial charge in [-0.25, -0.2) is 0 Å². The molecule has 2 unspecified atom stereocenters. The summed E-state index contributed by atoms with van der Waals surface area (Å²) in [6.45, 7) is 2.20. The SMILES string of the molecule is COC(=O)C1CC=C(C)CC1C1CCCCC1. The first-order valence-electron chi connectivity index (χ1n) is 6.96. The van der Waals surface area contributed by atoms with Gasteiger partial charge in [-0.1, -0.05) is 43.8 Å². The number of rotatable bonds is 2. The van der Waals surface area contributed by atoms with Crippen molar-refractivity contribution in [2.24, 2.45) is 17.8 Å². The lowest BCUT2D eigenvalue weighted by molar-refractivity contribution is -0.148. The van der Waals surface area contributed by atoms with E-state index in [1.807, 2.05) is 0 Å². The second kappa shape index (κ2) is 5.70. The summed E-state index contributed by atoms with van der Waals surface area (Å²) in [7, 11) is 1.52. The van der Waals surface area contributed by atoms with Crippen molar-refractivity contribution in [1.29, 1.82) is 0 Å². The molecule has 1 saturated carbocycles. The molecule has 96 valence electrons. The Labute approximate surface area is 104 Å². The van der Waals surface area contributed by atoms with Gasteiger partial charge in [0.15, 0.2) is 0 Å². The molecule has 2 heteroatoms. The van der Waals surface area contributed by atoms with E-state index in [1.165, 1.54) is 44.8 Å². The van der Waals surface area contributed by atoms with Gasteiger partial charge in [0.1, 0.15) is 0 Å². The van der Waals surface area contributed by atoms with Crippen LogP contribution in [0.3, 0.4) is 0 Å². The molecule has 2 aliphatic rings. The van der Waals surface area contributed by atoms with Gasteiger partial charge in [-0.15, -0.1) is 0 Å². The second-order valence-electron chi connectivity index (χ2n) is 5.68. The van der Waals surface area contributed by atoms with Gasteiger partial charge in [-0.2, -0.15) is 0 Å². The molecular weight excluding hydrogens is 212 g/mol. The number of carbonyl (C=O) groups excluding carboxylic acids is 1. The molecular formula is C15H24O2. The van der Waals surface area contributed by atoms with E-state index < -0.39 is 0 Å². The molecule has 0 spiro atoms. The summed E-state index contributed by atoms with van der Waals surface area (Å²) in [5.74, 6) is 1.40. The first kappa shape index (κ1) is 12.7. The van der Waals surface area contributed by atoms with Gasteiger partial charge < -0.3 is 4.74 Å². The van der Waals surface area contributed by atoms with Crippen molar-refractivity contribution in [3.63, 3.8) is 0 Å². The van der Waals surface area contributed by atoms with Crippen molar-refractivity contribution >= 4 is 5.97 Å². The molecule has 0 radical (unpaired) electrons. The van der Waals surface area contributed by atoms with Gasteiger partial charge in [0.25, 0.3) is 0 Å². The quantitative estimate of drug-likeness (QED) is 0.539. The number of ether oxygens (including phenoxy) is 1. The molecule has 0 aromatic carbocycles. The molecule has 0 heterocycles. The van der Waals surface area contributed by atoms with Gasteiger partial charge in [0.2, 0.25) is 0 Å². The Hall–Kier alpha value is -0.790. The third kappa shape index (κ3) is 2.91. The Kier molecular flexibility index (Phi) is 4.25. The van der Waals surface area contributed by atoms with Crippen LogP contribution in [0.15, 0.2) is 11.6 Å². The highest BCUT2D eigenvalue weighted by Crippen LogP contribution is 2.41. The summed E-state index contributed by atoms with van der Waals surface area (Å²) in [4.78, 5) is 11.9. The summed E-state index contributed by atoms with van der Waals surface area (Å²) in [5.41, 5.74) is 1.46. The minimum absolute atomic E-state index is 0.00400. The van der Waals surface area contributed by atoms with Crippen molar-refractivity contribution in [3.8, 4) is 0 Å². The van der Waals surface area contributed by atoms with Crippen LogP contribution in [-0.4, -0.2) is 13.1 Å². The number of methoxy groups -OCH3 is 1. The summed E-state index contributed by atoms with van der Waals surface area (Å²) in [6, 6.07) is 0. The van der Waals surface area contributed by atoms with Crippen molar-refractivity contribution < 1.29 is 9.53 Å². The van der Waals surface area contributed by atoms with Crippen molar-refractivity contribution in [1.82, 2.24) is 0 Å². The maximum atomic E-state index is 11.9. The van der Waals surface area contributed by atoms with E-state index in [0.29, 0.717) is 5.92 Å². The Morgan fingerprint density at radius 1 is 1.29 bits per heavy atom. The number of hydrogen-bond acceptors (Lipinski definition) is 2. The van der Waals surface area contributed by atoms with Crippen LogP contribution in [0.2, 0.25) is 0 Å². The molecule has 0 N–H and O–H groups in total. The Morgan fingerprint density at radius 2 is 2.00 bits per heavy atom. The first-order valence-corrected chi connectivity index (χ1v) is 6.96. The van der Waals surface area contributed by atoms with Crippen LogP contribution in [-0.2, 0) is 9.53 Å². The molecule has 0 aromatic rings. The zero-order valence-corrected chi connectivity index (χ0v) is 11.1. The molecule has 2 rings (SSSR count). The first-order chi connectivity index (χ1) is 8.22. The minimum Gasteiger partial charge on any atom is -0.469 e. The fourth-order valence-corrected chi connectivity index (χ4v) is 3.58. The van der Waals surface area contributed by atoms with Gasteiger partial charge >= 0.3 is 5.97 Å². The van der Waals surface area contributed by atoms with E-state index in [1.54, 1.807) is 0 Å². The molecule has 0 amide bonds. The maximum Gasteiger partial charge on any atom is 0.309 e. The predicted octanol–water partition coefficient (Wildman–Crippen LogP) is 3.71. The number of allylic oxidation sites excluding steroid dienone is 2. The highest BCUT2D eigenvalue weighted by molar-refractivity contribution is 5.73. The fourth-order valence-electron chi connectivity index (χ4n) is 3.58. The summed E-state index contributed by atoms with van der Waals surface area (Å²) in [5, 5.41) is 0. The average molecular weight is 236 g/mol. The van der Waals surface area contributed by atoms with Crippen LogP contribution in [0, 0.1) is 17.8 Å². The molecule has 1 fully saturated rings. The summed E-state index contributed by atoms with van der Waals surface area (Å²) in [6.07, 6.45) is 10.9. The zero-order valence-electron chi connectivity index (χ0n) is 11.1. The average Bonchev–Trinajstić information content (AvgIpc) is 2.39. The maximum absolute atomic E-state index is 11.9. The van der Waals surface area contributed by atoms with Crippen LogP contribution in [0.5, 0.6) is 0 Å².